The molecule has 0 unspecified atom stereocenters. The quantitative estimate of drug-likeness (QED) is 0.604. The lowest BCUT2D eigenvalue weighted by Gasteiger charge is -2.09. The fourth-order valence-corrected chi connectivity index (χ4v) is 3.06. The standard InChI is InChI=1S/C21H22N2O4/c1-26-19-9-7-16(13-20(19)27-2)18(24)8-10-21(25)23-22-17-11-14-5-3-4-6-15(14)12-17/h3-7,9,13H,8,10-12H2,1-2H3,(H,23,25). The van der Waals surface area contributed by atoms with Crippen molar-refractivity contribution in [3.05, 3.63) is 59.2 Å². The van der Waals surface area contributed by atoms with Crippen LogP contribution in [0.5, 0.6) is 11.5 Å². The van der Waals surface area contributed by atoms with Crippen molar-refractivity contribution >= 4 is 17.4 Å². The topological polar surface area (TPSA) is 77.0 Å². The number of benzene rings is 2. The van der Waals surface area contributed by atoms with Gasteiger partial charge >= 0.3 is 0 Å². The maximum absolute atomic E-state index is 12.3. The van der Waals surface area contributed by atoms with Crippen LogP contribution in [0.25, 0.3) is 0 Å². The van der Waals surface area contributed by atoms with Crippen molar-refractivity contribution in [2.45, 2.75) is 25.7 Å². The summed E-state index contributed by atoms with van der Waals surface area (Å²) < 4.78 is 10.4. The molecule has 0 atom stereocenters. The number of methoxy groups -OCH3 is 2. The predicted octanol–water partition coefficient (Wildman–Crippen LogP) is 2.94. The molecule has 0 radical (unpaired) electrons. The van der Waals surface area contributed by atoms with Crippen molar-refractivity contribution in [1.82, 2.24) is 5.43 Å². The molecule has 1 aliphatic carbocycles. The number of Topliss-reactive ketones (excluding diaryl/α,β-unsaturated/α-hetero) is 1. The zero-order valence-corrected chi connectivity index (χ0v) is 15.5. The third-order valence-corrected chi connectivity index (χ3v) is 4.53. The lowest BCUT2D eigenvalue weighted by Crippen LogP contribution is -2.20. The largest absolute Gasteiger partial charge is 0.493 e. The van der Waals surface area contributed by atoms with Crippen molar-refractivity contribution in [2.75, 3.05) is 14.2 Å². The van der Waals surface area contributed by atoms with Crippen molar-refractivity contribution in [1.29, 1.82) is 0 Å². The minimum Gasteiger partial charge on any atom is -0.493 e. The van der Waals surface area contributed by atoms with Crippen molar-refractivity contribution in [3.8, 4) is 11.5 Å². The zero-order valence-electron chi connectivity index (χ0n) is 15.5. The average molecular weight is 366 g/mol. The van der Waals surface area contributed by atoms with Crippen LogP contribution in [0.3, 0.4) is 0 Å². The van der Waals surface area contributed by atoms with E-state index in [0.717, 1.165) is 18.6 Å². The van der Waals surface area contributed by atoms with E-state index in [1.54, 1.807) is 18.2 Å². The molecule has 6 nitrogen and oxygen atoms in total. The molecule has 0 fully saturated rings. The molecule has 2 aromatic rings. The summed E-state index contributed by atoms with van der Waals surface area (Å²) in [4.78, 5) is 24.3. The summed E-state index contributed by atoms with van der Waals surface area (Å²) in [5.41, 5.74) is 6.46. The van der Waals surface area contributed by atoms with Crippen LogP contribution in [0.15, 0.2) is 47.6 Å². The van der Waals surface area contributed by atoms with E-state index < -0.39 is 0 Å². The Hall–Kier alpha value is -3.15. The molecule has 1 N–H and O–H groups in total. The number of carbonyl (C=O) groups excluding carboxylic acids is 2. The van der Waals surface area contributed by atoms with E-state index in [-0.39, 0.29) is 24.5 Å². The van der Waals surface area contributed by atoms with Gasteiger partial charge in [0.05, 0.1) is 14.2 Å². The molecule has 3 rings (SSSR count). The van der Waals surface area contributed by atoms with Gasteiger partial charge in [-0.2, -0.15) is 5.10 Å². The van der Waals surface area contributed by atoms with Gasteiger partial charge in [-0.15, -0.1) is 0 Å². The number of nitrogens with zero attached hydrogens (tertiary/aromatic N) is 1. The smallest absolute Gasteiger partial charge is 0.240 e. The molecular weight excluding hydrogens is 344 g/mol. The van der Waals surface area contributed by atoms with Gasteiger partial charge in [-0.3, -0.25) is 9.59 Å². The van der Waals surface area contributed by atoms with E-state index >= 15 is 0 Å². The van der Waals surface area contributed by atoms with Gasteiger partial charge in [0, 0.05) is 37.0 Å². The molecule has 140 valence electrons. The molecule has 2 aromatic carbocycles. The number of hydrogen-bond donors (Lipinski definition) is 1. The molecule has 0 saturated carbocycles. The average Bonchev–Trinajstić information content (AvgIpc) is 3.12. The maximum atomic E-state index is 12.3. The highest BCUT2D eigenvalue weighted by atomic mass is 16.5. The van der Waals surface area contributed by atoms with Crippen molar-refractivity contribution < 1.29 is 19.1 Å². The molecule has 0 heterocycles. The third kappa shape index (κ3) is 4.53. The summed E-state index contributed by atoms with van der Waals surface area (Å²) in [6.07, 6.45) is 1.69. The summed E-state index contributed by atoms with van der Waals surface area (Å²) in [5, 5.41) is 4.21. The van der Waals surface area contributed by atoms with Gasteiger partial charge in [-0.25, -0.2) is 5.43 Å². The minimum absolute atomic E-state index is 0.0803. The number of ether oxygens (including phenoxy) is 2. The molecule has 0 aliphatic heterocycles. The molecule has 6 heteroatoms. The summed E-state index contributed by atoms with van der Waals surface area (Å²) in [7, 11) is 3.05. The van der Waals surface area contributed by atoms with E-state index in [1.165, 1.54) is 25.3 Å². The Morgan fingerprint density at radius 3 is 2.26 bits per heavy atom. The number of rotatable bonds is 7. The number of amides is 1. The summed E-state index contributed by atoms with van der Waals surface area (Å²) in [6.45, 7) is 0. The van der Waals surface area contributed by atoms with Gasteiger partial charge in [-0.05, 0) is 29.3 Å². The number of nitrogens with one attached hydrogen (secondary N) is 1. The Kier molecular flexibility index (Phi) is 5.86. The number of carbonyl (C=O) groups is 2. The third-order valence-electron chi connectivity index (χ3n) is 4.53. The van der Waals surface area contributed by atoms with Crippen molar-refractivity contribution in [3.63, 3.8) is 0 Å². The van der Waals surface area contributed by atoms with Gasteiger partial charge in [0.2, 0.25) is 5.91 Å². The Morgan fingerprint density at radius 1 is 0.963 bits per heavy atom. The Bertz CT molecular complexity index is 863. The van der Waals surface area contributed by atoms with E-state index in [9.17, 15) is 9.59 Å². The van der Waals surface area contributed by atoms with Gasteiger partial charge in [-0.1, -0.05) is 24.3 Å². The van der Waals surface area contributed by atoms with Crippen LogP contribution in [-0.2, 0) is 17.6 Å². The lowest BCUT2D eigenvalue weighted by atomic mass is 10.1. The van der Waals surface area contributed by atoms with Crippen LogP contribution in [-0.4, -0.2) is 31.6 Å². The van der Waals surface area contributed by atoms with E-state index in [0.29, 0.717) is 17.1 Å². The first-order valence-corrected chi connectivity index (χ1v) is 8.77. The molecule has 1 aliphatic rings. The van der Waals surface area contributed by atoms with Gasteiger partial charge in [0.15, 0.2) is 17.3 Å². The first kappa shape index (κ1) is 18.6. The lowest BCUT2D eigenvalue weighted by molar-refractivity contribution is -0.121. The Morgan fingerprint density at radius 2 is 1.63 bits per heavy atom. The maximum Gasteiger partial charge on any atom is 0.240 e. The first-order chi connectivity index (χ1) is 13.1. The minimum atomic E-state index is -0.271. The first-order valence-electron chi connectivity index (χ1n) is 8.77. The molecule has 0 aromatic heterocycles. The monoisotopic (exact) mass is 366 g/mol. The second-order valence-corrected chi connectivity index (χ2v) is 6.33. The molecular formula is C21H22N2O4. The Labute approximate surface area is 158 Å². The van der Waals surface area contributed by atoms with Gasteiger partial charge in [0.25, 0.3) is 0 Å². The molecule has 0 spiro atoms. The summed E-state index contributed by atoms with van der Waals surface area (Å²) in [6, 6.07) is 13.1. The zero-order chi connectivity index (χ0) is 19.2. The van der Waals surface area contributed by atoms with Crippen LogP contribution in [0.2, 0.25) is 0 Å². The number of fused-ring (bicyclic) bond motifs is 1. The SMILES string of the molecule is COc1ccc(C(=O)CCC(=O)NN=C2Cc3ccccc3C2)cc1OC. The Balaban J connectivity index is 1.51. The number of ketones is 1. The van der Waals surface area contributed by atoms with Crippen molar-refractivity contribution in [2.24, 2.45) is 5.10 Å². The van der Waals surface area contributed by atoms with Crippen LogP contribution >= 0.6 is 0 Å². The van der Waals surface area contributed by atoms with Crippen LogP contribution in [0.4, 0.5) is 0 Å². The summed E-state index contributed by atoms with van der Waals surface area (Å²) in [5.74, 6) is 0.638. The normalized spacial score (nSPS) is 12.3. The highest BCUT2D eigenvalue weighted by molar-refractivity contribution is 5.99. The molecule has 0 saturated heterocycles. The van der Waals surface area contributed by atoms with Gasteiger partial charge in [0.1, 0.15) is 0 Å². The fraction of sp³-hybridized carbons (Fsp3) is 0.286. The molecule has 0 bridgehead atoms. The summed E-state index contributed by atoms with van der Waals surface area (Å²) >= 11 is 0. The second-order valence-electron chi connectivity index (χ2n) is 6.33. The van der Waals surface area contributed by atoms with Crippen LogP contribution < -0.4 is 14.9 Å². The van der Waals surface area contributed by atoms with E-state index in [2.05, 4.69) is 22.7 Å². The highest BCUT2D eigenvalue weighted by Crippen LogP contribution is 2.28. The predicted molar refractivity (Wildman–Crippen MR) is 103 cm³/mol. The van der Waals surface area contributed by atoms with Crippen LogP contribution in [0.1, 0.15) is 34.3 Å². The van der Waals surface area contributed by atoms with Gasteiger partial charge < -0.3 is 9.47 Å². The van der Waals surface area contributed by atoms with Crippen LogP contribution in [0, 0.1) is 0 Å². The molecule has 27 heavy (non-hydrogen) atoms. The number of hydrazone groups is 1. The highest BCUT2D eigenvalue weighted by Gasteiger charge is 2.17. The second kappa shape index (κ2) is 8.49. The van der Waals surface area contributed by atoms with E-state index in [1.807, 2.05) is 12.1 Å². The number of hydrogen-bond acceptors (Lipinski definition) is 5. The van der Waals surface area contributed by atoms with E-state index in [4.69, 9.17) is 9.47 Å². The fourth-order valence-electron chi connectivity index (χ4n) is 3.06. The molecule has 1 amide bonds.